The number of benzene rings is 1. The van der Waals surface area contributed by atoms with Crippen molar-refractivity contribution < 1.29 is 9.15 Å². The molecule has 0 fully saturated rings. The molecule has 0 aliphatic rings. The van der Waals surface area contributed by atoms with Crippen molar-refractivity contribution in [2.45, 2.75) is 6.54 Å². The van der Waals surface area contributed by atoms with E-state index in [9.17, 15) is 0 Å². The van der Waals surface area contributed by atoms with Crippen LogP contribution in [0.3, 0.4) is 0 Å². The number of ether oxygens (including phenoxy) is 1. The van der Waals surface area contributed by atoms with Gasteiger partial charge < -0.3 is 9.15 Å². The molecule has 0 aliphatic carbocycles. The summed E-state index contributed by atoms with van der Waals surface area (Å²) in [4.78, 5) is 4.23. The Labute approximate surface area is 109 Å². The first-order valence-electron chi connectivity index (χ1n) is 5.78. The highest BCUT2D eigenvalue weighted by molar-refractivity contribution is 5.58. The molecule has 0 N–H and O–H groups in total. The summed E-state index contributed by atoms with van der Waals surface area (Å²) in [6, 6.07) is 7.64. The van der Waals surface area contributed by atoms with Crippen molar-refractivity contribution in [3.8, 4) is 17.1 Å². The average molecular weight is 256 g/mol. The fourth-order valence-corrected chi connectivity index (χ4v) is 1.75. The maximum Gasteiger partial charge on any atom is 0.216 e. The predicted molar refractivity (Wildman–Crippen MR) is 67.6 cm³/mol. The Morgan fingerprint density at radius 3 is 3.11 bits per heavy atom. The summed E-state index contributed by atoms with van der Waals surface area (Å²) in [6.07, 6.45) is 5.07. The van der Waals surface area contributed by atoms with Gasteiger partial charge in [0.15, 0.2) is 5.76 Å². The van der Waals surface area contributed by atoms with E-state index in [-0.39, 0.29) is 0 Å². The Bertz CT molecular complexity index is 661. The molecule has 0 bridgehead atoms. The zero-order valence-corrected chi connectivity index (χ0v) is 10.4. The lowest BCUT2D eigenvalue weighted by atomic mass is 10.2. The zero-order valence-electron chi connectivity index (χ0n) is 10.4. The smallest absolute Gasteiger partial charge is 0.216 e. The van der Waals surface area contributed by atoms with Crippen molar-refractivity contribution in [3.05, 3.63) is 48.7 Å². The summed E-state index contributed by atoms with van der Waals surface area (Å²) in [5.41, 5.74) is 0.927. The van der Waals surface area contributed by atoms with Crippen LogP contribution in [0.15, 0.2) is 47.3 Å². The summed E-state index contributed by atoms with van der Waals surface area (Å²) in [5.74, 6) is 2.07. The Kier molecular flexibility index (Phi) is 2.97. The van der Waals surface area contributed by atoms with E-state index in [2.05, 4.69) is 15.3 Å². The summed E-state index contributed by atoms with van der Waals surface area (Å²) in [7, 11) is 1.63. The SMILES string of the molecule is COc1cccc(-c2cnc(Cn3ccnn3)o2)c1. The van der Waals surface area contributed by atoms with Crippen LogP contribution < -0.4 is 4.74 Å². The fraction of sp³-hybridized carbons (Fsp3) is 0.154. The Morgan fingerprint density at radius 1 is 1.37 bits per heavy atom. The molecule has 0 unspecified atom stereocenters. The van der Waals surface area contributed by atoms with Gasteiger partial charge >= 0.3 is 0 Å². The molecule has 0 atom stereocenters. The van der Waals surface area contributed by atoms with Crippen molar-refractivity contribution in [1.29, 1.82) is 0 Å². The van der Waals surface area contributed by atoms with Crippen molar-refractivity contribution in [3.63, 3.8) is 0 Å². The third kappa shape index (κ3) is 2.47. The van der Waals surface area contributed by atoms with E-state index in [4.69, 9.17) is 9.15 Å². The molecule has 0 aliphatic heterocycles. The highest BCUT2D eigenvalue weighted by Crippen LogP contribution is 2.24. The predicted octanol–water partition coefficient (Wildman–Crippen LogP) is 1.99. The van der Waals surface area contributed by atoms with E-state index in [1.54, 1.807) is 30.4 Å². The van der Waals surface area contributed by atoms with Crippen LogP contribution in [0, 0.1) is 0 Å². The summed E-state index contributed by atoms with van der Waals surface area (Å²) < 4.78 is 12.5. The van der Waals surface area contributed by atoms with E-state index in [1.165, 1.54) is 0 Å². The molecule has 19 heavy (non-hydrogen) atoms. The van der Waals surface area contributed by atoms with Crippen molar-refractivity contribution in [2.24, 2.45) is 0 Å². The van der Waals surface area contributed by atoms with Crippen molar-refractivity contribution in [2.75, 3.05) is 7.11 Å². The van der Waals surface area contributed by atoms with Gasteiger partial charge in [0.05, 0.1) is 19.5 Å². The number of rotatable bonds is 4. The van der Waals surface area contributed by atoms with E-state index in [0.717, 1.165) is 11.3 Å². The lowest BCUT2D eigenvalue weighted by molar-refractivity contribution is 0.414. The molecule has 1 aromatic carbocycles. The molecule has 0 spiro atoms. The highest BCUT2D eigenvalue weighted by Gasteiger charge is 2.08. The topological polar surface area (TPSA) is 66.0 Å². The van der Waals surface area contributed by atoms with Crippen LogP contribution in [0.5, 0.6) is 5.75 Å². The normalized spacial score (nSPS) is 10.6. The Morgan fingerprint density at radius 2 is 2.32 bits per heavy atom. The van der Waals surface area contributed by atoms with Crippen LogP contribution in [0.1, 0.15) is 5.89 Å². The standard InChI is InChI=1S/C13H12N4O2/c1-18-11-4-2-3-10(7-11)12-8-14-13(19-12)9-17-6-5-15-16-17/h2-8H,9H2,1H3. The molecule has 2 aromatic heterocycles. The van der Waals surface area contributed by atoms with E-state index in [1.807, 2.05) is 24.3 Å². The van der Waals surface area contributed by atoms with Crippen LogP contribution in [0.2, 0.25) is 0 Å². The van der Waals surface area contributed by atoms with Gasteiger partial charge in [0.25, 0.3) is 0 Å². The van der Waals surface area contributed by atoms with Crippen LogP contribution in [-0.4, -0.2) is 27.1 Å². The lowest BCUT2D eigenvalue weighted by Crippen LogP contribution is -2.00. The van der Waals surface area contributed by atoms with Crippen LogP contribution in [-0.2, 0) is 6.54 Å². The lowest BCUT2D eigenvalue weighted by Gasteiger charge is -2.01. The minimum Gasteiger partial charge on any atom is -0.497 e. The minimum absolute atomic E-state index is 0.462. The quantitative estimate of drug-likeness (QED) is 0.714. The van der Waals surface area contributed by atoms with Gasteiger partial charge in [-0.25, -0.2) is 9.67 Å². The number of nitrogens with zero attached hydrogens (tertiary/aromatic N) is 4. The molecule has 3 aromatic rings. The molecule has 3 rings (SSSR count). The monoisotopic (exact) mass is 256 g/mol. The number of oxazole rings is 1. The number of methoxy groups -OCH3 is 1. The van der Waals surface area contributed by atoms with Gasteiger partial charge in [-0.2, -0.15) is 0 Å². The second kappa shape index (κ2) is 4.93. The first-order valence-corrected chi connectivity index (χ1v) is 5.78. The average Bonchev–Trinajstić information content (AvgIpc) is 3.11. The third-order valence-electron chi connectivity index (χ3n) is 2.68. The van der Waals surface area contributed by atoms with Gasteiger partial charge in [-0.05, 0) is 12.1 Å². The molecule has 6 heteroatoms. The summed E-state index contributed by atoms with van der Waals surface area (Å²) in [5, 5.41) is 7.60. The first kappa shape index (κ1) is 11.5. The van der Waals surface area contributed by atoms with Crippen LogP contribution in [0.4, 0.5) is 0 Å². The maximum atomic E-state index is 5.69. The molecule has 96 valence electrons. The van der Waals surface area contributed by atoms with E-state index in [0.29, 0.717) is 18.2 Å². The van der Waals surface area contributed by atoms with Gasteiger partial charge in [-0.15, -0.1) is 5.10 Å². The van der Waals surface area contributed by atoms with Gasteiger partial charge in [-0.1, -0.05) is 17.3 Å². The van der Waals surface area contributed by atoms with E-state index >= 15 is 0 Å². The summed E-state index contributed by atoms with van der Waals surface area (Å²) in [6.45, 7) is 0.462. The fourth-order valence-electron chi connectivity index (χ4n) is 1.75. The van der Waals surface area contributed by atoms with Gasteiger partial charge in [0, 0.05) is 11.8 Å². The maximum absolute atomic E-state index is 5.69. The second-order valence-electron chi connectivity index (χ2n) is 3.95. The largest absolute Gasteiger partial charge is 0.497 e. The number of aromatic nitrogens is 4. The molecule has 2 heterocycles. The first-order chi connectivity index (χ1) is 9.35. The Balaban J connectivity index is 1.84. The third-order valence-corrected chi connectivity index (χ3v) is 2.68. The van der Waals surface area contributed by atoms with Crippen LogP contribution in [0.25, 0.3) is 11.3 Å². The molecule has 0 radical (unpaired) electrons. The van der Waals surface area contributed by atoms with Gasteiger partial charge in [0.2, 0.25) is 5.89 Å². The molecule has 0 amide bonds. The molecular formula is C13H12N4O2. The Hall–Kier alpha value is -2.63. The zero-order chi connectivity index (χ0) is 13.1. The van der Waals surface area contributed by atoms with Gasteiger partial charge in [-0.3, -0.25) is 0 Å². The second-order valence-corrected chi connectivity index (χ2v) is 3.95. The molecule has 0 saturated heterocycles. The minimum atomic E-state index is 0.462. The highest BCUT2D eigenvalue weighted by atomic mass is 16.5. The van der Waals surface area contributed by atoms with Crippen molar-refractivity contribution >= 4 is 0 Å². The number of hydrogen-bond acceptors (Lipinski definition) is 5. The van der Waals surface area contributed by atoms with Crippen molar-refractivity contribution in [1.82, 2.24) is 20.0 Å². The number of hydrogen-bond donors (Lipinski definition) is 0. The van der Waals surface area contributed by atoms with E-state index < -0.39 is 0 Å². The molecule has 6 nitrogen and oxygen atoms in total. The molecular weight excluding hydrogens is 244 g/mol. The van der Waals surface area contributed by atoms with Gasteiger partial charge in [0.1, 0.15) is 12.3 Å². The molecule has 0 saturated carbocycles. The van der Waals surface area contributed by atoms with Crippen LogP contribution >= 0.6 is 0 Å². The summed E-state index contributed by atoms with van der Waals surface area (Å²) >= 11 is 0.